The minimum atomic E-state index is 0.756. The third-order valence-electron chi connectivity index (χ3n) is 4.93. The number of hydrogen-bond acceptors (Lipinski definition) is 3. The van der Waals surface area contributed by atoms with Crippen LogP contribution in [0, 0.1) is 0 Å². The molecule has 3 nitrogen and oxygen atoms in total. The Balaban J connectivity index is 1.57. The summed E-state index contributed by atoms with van der Waals surface area (Å²) in [5.41, 5.74) is 0. The second-order valence-electron chi connectivity index (χ2n) is 6.24. The summed E-state index contributed by atoms with van der Waals surface area (Å²) in [6.45, 7) is 8.91. The lowest BCUT2D eigenvalue weighted by Crippen LogP contribution is -2.60. The third-order valence-corrected chi connectivity index (χ3v) is 4.93. The Morgan fingerprint density at radius 2 is 2.06 bits per heavy atom. The van der Waals surface area contributed by atoms with Crippen molar-refractivity contribution in [1.82, 2.24) is 15.1 Å². The fraction of sp³-hybridized carbons (Fsp3) is 1.00. The number of fused-ring (bicyclic) bond motifs is 1. The van der Waals surface area contributed by atoms with Crippen LogP contribution in [-0.2, 0) is 0 Å². The lowest BCUT2D eigenvalue weighted by Gasteiger charge is -2.48. The first-order valence-corrected chi connectivity index (χ1v) is 7.54. The molecule has 3 aliphatic rings. The molecule has 3 saturated heterocycles. The van der Waals surface area contributed by atoms with Crippen molar-refractivity contribution in [2.75, 3.05) is 32.7 Å². The van der Waals surface area contributed by atoms with Crippen LogP contribution in [0.5, 0.6) is 0 Å². The molecule has 3 heteroatoms. The van der Waals surface area contributed by atoms with Crippen molar-refractivity contribution in [3.8, 4) is 0 Å². The van der Waals surface area contributed by atoms with Crippen LogP contribution in [0.25, 0.3) is 0 Å². The molecule has 0 saturated carbocycles. The Morgan fingerprint density at radius 3 is 2.88 bits per heavy atom. The van der Waals surface area contributed by atoms with E-state index < -0.39 is 0 Å². The largest absolute Gasteiger partial charge is 0.313 e. The highest BCUT2D eigenvalue weighted by atomic mass is 15.3. The highest BCUT2D eigenvalue weighted by molar-refractivity contribution is 4.91. The second-order valence-corrected chi connectivity index (χ2v) is 6.24. The molecule has 0 aromatic rings. The van der Waals surface area contributed by atoms with E-state index in [4.69, 9.17) is 0 Å². The summed E-state index contributed by atoms with van der Waals surface area (Å²) in [4.78, 5) is 5.49. The van der Waals surface area contributed by atoms with Crippen LogP contribution in [0.3, 0.4) is 0 Å². The van der Waals surface area contributed by atoms with Crippen LogP contribution < -0.4 is 5.32 Å². The number of hydrogen-bond donors (Lipinski definition) is 1. The summed E-state index contributed by atoms with van der Waals surface area (Å²) in [6, 6.07) is 2.39. The van der Waals surface area contributed by atoms with Gasteiger partial charge in [-0.25, -0.2) is 0 Å². The van der Waals surface area contributed by atoms with Gasteiger partial charge in [-0.15, -0.1) is 0 Å². The normalized spacial score (nSPS) is 40.4. The van der Waals surface area contributed by atoms with Crippen LogP contribution in [-0.4, -0.2) is 60.6 Å². The van der Waals surface area contributed by atoms with E-state index in [1.807, 2.05) is 0 Å². The average molecular weight is 237 g/mol. The molecule has 3 aliphatic heterocycles. The third kappa shape index (κ3) is 2.67. The SMILES string of the molecule is CC1CN2CCCCC2CN1C[C@H]1CCCN1. The number of nitrogens with one attached hydrogen (secondary N) is 1. The van der Waals surface area contributed by atoms with E-state index in [1.165, 1.54) is 64.8 Å². The van der Waals surface area contributed by atoms with E-state index in [1.54, 1.807) is 0 Å². The standard InChI is InChI=1S/C14H27N3/c1-12-9-16-8-3-2-6-14(16)11-17(12)10-13-5-4-7-15-13/h12-15H,2-11H2,1H3/t12?,13-,14?/m1/s1. The summed E-state index contributed by atoms with van der Waals surface area (Å²) in [6.07, 6.45) is 7.07. The Kier molecular flexibility index (Phi) is 3.69. The number of nitrogens with zero attached hydrogens (tertiary/aromatic N) is 2. The summed E-state index contributed by atoms with van der Waals surface area (Å²) in [5.74, 6) is 0. The topological polar surface area (TPSA) is 18.5 Å². The maximum Gasteiger partial charge on any atom is 0.0223 e. The van der Waals surface area contributed by atoms with Crippen molar-refractivity contribution in [2.24, 2.45) is 0 Å². The monoisotopic (exact) mass is 237 g/mol. The van der Waals surface area contributed by atoms with E-state index in [9.17, 15) is 0 Å². The number of piperazine rings is 1. The molecule has 0 bridgehead atoms. The minimum absolute atomic E-state index is 0.756. The molecule has 0 amide bonds. The number of piperidine rings is 1. The molecule has 0 aromatic carbocycles. The highest BCUT2D eigenvalue weighted by Gasteiger charge is 2.33. The van der Waals surface area contributed by atoms with Crippen molar-refractivity contribution >= 4 is 0 Å². The van der Waals surface area contributed by atoms with Crippen molar-refractivity contribution in [1.29, 1.82) is 0 Å². The molecule has 17 heavy (non-hydrogen) atoms. The van der Waals surface area contributed by atoms with E-state index in [0.717, 1.165) is 18.1 Å². The van der Waals surface area contributed by atoms with E-state index >= 15 is 0 Å². The molecular formula is C14H27N3. The Hall–Kier alpha value is -0.120. The lowest BCUT2D eigenvalue weighted by atomic mass is 9.96. The van der Waals surface area contributed by atoms with Crippen LogP contribution >= 0.6 is 0 Å². The smallest absolute Gasteiger partial charge is 0.0223 e. The summed E-state index contributed by atoms with van der Waals surface area (Å²) in [5, 5.41) is 3.64. The van der Waals surface area contributed by atoms with Crippen molar-refractivity contribution in [2.45, 2.75) is 57.2 Å². The van der Waals surface area contributed by atoms with Gasteiger partial charge >= 0.3 is 0 Å². The molecule has 1 N–H and O–H groups in total. The molecule has 0 aromatic heterocycles. The quantitative estimate of drug-likeness (QED) is 0.781. The van der Waals surface area contributed by atoms with E-state index in [-0.39, 0.29) is 0 Å². The van der Waals surface area contributed by atoms with Gasteiger partial charge < -0.3 is 5.32 Å². The predicted molar refractivity (Wildman–Crippen MR) is 71.3 cm³/mol. The molecular weight excluding hydrogens is 210 g/mol. The second kappa shape index (κ2) is 5.25. The van der Waals surface area contributed by atoms with Gasteiger partial charge in [0, 0.05) is 37.8 Å². The molecule has 3 rings (SSSR count). The van der Waals surface area contributed by atoms with Crippen molar-refractivity contribution in [3.05, 3.63) is 0 Å². The van der Waals surface area contributed by atoms with Gasteiger partial charge in [0.2, 0.25) is 0 Å². The first-order chi connectivity index (χ1) is 8.33. The van der Waals surface area contributed by atoms with Gasteiger partial charge in [0.05, 0.1) is 0 Å². The van der Waals surface area contributed by atoms with E-state index in [0.29, 0.717) is 0 Å². The Morgan fingerprint density at radius 1 is 1.12 bits per heavy atom. The minimum Gasteiger partial charge on any atom is -0.313 e. The van der Waals surface area contributed by atoms with Crippen LogP contribution in [0.2, 0.25) is 0 Å². The van der Waals surface area contributed by atoms with Gasteiger partial charge in [-0.1, -0.05) is 6.42 Å². The molecule has 0 spiro atoms. The first kappa shape index (κ1) is 11.9. The highest BCUT2D eigenvalue weighted by Crippen LogP contribution is 2.24. The molecule has 3 heterocycles. The van der Waals surface area contributed by atoms with Gasteiger partial charge in [0.1, 0.15) is 0 Å². The zero-order valence-corrected chi connectivity index (χ0v) is 11.2. The maximum atomic E-state index is 3.64. The Labute approximate surface area is 106 Å². The summed E-state index contributed by atoms with van der Waals surface area (Å²) < 4.78 is 0. The molecule has 3 atom stereocenters. The zero-order chi connectivity index (χ0) is 11.7. The van der Waals surface area contributed by atoms with E-state index in [2.05, 4.69) is 22.0 Å². The summed E-state index contributed by atoms with van der Waals surface area (Å²) in [7, 11) is 0. The Bertz CT molecular complexity index is 250. The van der Waals surface area contributed by atoms with Crippen molar-refractivity contribution in [3.63, 3.8) is 0 Å². The fourth-order valence-corrected chi connectivity index (χ4v) is 3.86. The zero-order valence-electron chi connectivity index (χ0n) is 11.2. The molecule has 3 fully saturated rings. The molecule has 0 aliphatic carbocycles. The van der Waals surface area contributed by atoms with Crippen LogP contribution in [0.1, 0.15) is 39.0 Å². The van der Waals surface area contributed by atoms with Crippen molar-refractivity contribution < 1.29 is 0 Å². The fourth-order valence-electron chi connectivity index (χ4n) is 3.86. The first-order valence-electron chi connectivity index (χ1n) is 7.54. The van der Waals surface area contributed by atoms with Gasteiger partial charge in [-0.3, -0.25) is 9.80 Å². The van der Waals surface area contributed by atoms with Gasteiger partial charge in [0.15, 0.2) is 0 Å². The van der Waals surface area contributed by atoms with Gasteiger partial charge in [-0.05, 0) is 45.7 Å². The molecule has 98 valence electrons. The molecule has 0 radical (unpaired) electrons. The van der Waals surface area contributed by atoms with Gasteiger partial charge in [0.25, 0.3) is 0 Å². The predicted octanol–water partition coefficient (Wildman–Crippen LogP) is 1.30. The maximum absolute atomic E-state index is 3.64. The summed E-state index contributed by atoms with van der Waals surface area (Å²) >= 11 is 0. The number of rotatable bonds is 2. The van der Waals surface area contributed by atoms with Gasteiger partial charge in [-0.2, -0.15) is 0 Å². The average Bonchev–Trinajstić information content (AvgIpc) is 2.83. The molecule has 2 unspecified atom stereocenters. The van der Waals surface area contributed by atoms with Crippen LogP contribution in [0.15, 0.2) is 0 Å². The lowest BCUT2D eigenvalue weighted by molar-refractivity contribution is 0.0117. The van der Waals surface area contributed by atoms with Crippen LogP contribution in [0.4, 0.5) is 0 Å².